The molecule has 1 N–H and O–H groups in total. The fourth-order valence-electron chi connectivity index (χ4n) is 7.20. The normalized spacial score (nSPS) is 43.8. The number of hydrogen-bond donors (Lipinski definition) is 1. The highest BCUT2D eigenvalue weighted by Crippen LogP contribution is 2.66. The molecule has 0 spiro atoms. The van der Waals surface area contributed by atoms with E-state index in [1.54, 1.807) is 0 Å². The summed E-state index contributed by atoms with van der Waals surface area (Å²) in [6.07, 6.45) is 10.7. The van der Waals surface area contributed by atoms with Crippen LogP contribution < -0.4 is 4.34 Å². The summed E-state index contributed by atoms with van der Waals surface area (Å²) in [5.41, 5.74) is 4.14. The van der Waals surface area contributed by atoms with E-state index in [1.165, 1.54) is 36.8 Å². The van der Waals surface area contributed by atoms with Crippen molar-refractivity contribution in [2.45, 2.75) is 72.1 Å². The standard InChI is InChI=1S/C22H30BrNO2/c1-13(20(26)24-23)17-6-7-18-16-5-4-14-12-15(25)8-10-21(14,2)19(16)9-11-22(17,18)3/h12,16,18-19H,4-11H2,1-3H3,(H,24,26)/t16-,18-,19-,21-,22+/m0/s1. The van der Waals surface area contributed by atoms with Crippen LogP contribution in [-0.4, -0.2) is 11.7 Å². The van der Waals surface area contributed by atoms with Crippen LogP contribution in [0.1, 0.15) is 72.1 Å². The van der Waals surface area contributed by atoms with E-state index >= 15 is 0 Å². The number of fused-ring (bicyclic) bond motifs is 5. The maximum atomic E-state index is 12.2. The van der Waals surface area contributed by atoms with Crippen LogP contribution >= 0.6 is 16.1 Å². The summed E-state index contributed by atoms with van der Waals surface area (Å²) in [5.74, 6) is 2.47. The fraction of sp³-hybridized carbons (Fsp3) is 0.727. The molecule has 142 valence electrons. The van der Waals surface area contributed by atoms with Crippen LogP contribution in [0, 0.1) is 28.6 Å². The molecular weight excluding hydrogens is 390 g/mol. The minimum absolute atomic E-state index is 0.00983. The van der Waals surface area contributed by atoms with Gasteiger partial charge in [-0.15, -0.1) is 0 Å². The summed E-state index contributed by atoms with van der Waals surface area (Å²) >= 11 is 3.11. The molecule has 0 aromatic heterocycles. The van der Waals surface area contributed by atoms with Gasteiger partial charge in [0.2, 0.25) is 0 Å². The highest BCUT2D eigenvalue weighted by molar-refractivity contribution is 9.08. The summed E-state index contributed by atoms with van der Waals surface area (Å²) in [4.78, 5) is 24.2. The van der Waals surface area contributed by atoms with Crippen LogP contribution in [0.2, 0.25) is 0 Å². The van der Waals surface area contributed by atoms with Crippen molar-refractivity contribution in [3.63, 3.8) is 0 Å². The predicted octanol–water partition coefficient (Wildman–Crippen LogP) is 5.26. The molecule has 0 aliphatic heterocycles. The van der Waals surface area contributed by atoms with Gasteiger partial charge in [-0.25, -0.2) is 0 Å². The van der Waals surface area contributed by atoms with Crippen molar-refractivity contribution < 1.29 is 9.59 Å². The summed E-state index contributed by atoms with van der Waals surface area (Å²) < 4.78 is 2.63. The van der Waals surface area contributed by atoms with Gasteiger partial charge in [0.25, 0.3) is 5.91 Å². The highest BCUT2D eigenvalue weighted by atomic mass is 79.9. The van der Waals surface area contributed by atoms with Crippen molar-refractivity contribution in [1.82, 2.24) is 4.34 Å². The second-order valence-corrected chi connectivity index (χ2v) is 9.89. The third-order valence-corrected chi connectivity index (χ3v) is 8.99. The Balaban J connectivity index is 1.68. The molecule has 26 heavy (non-hydrogen) atoms. The SMILES string of the molecule is CC(C(=O)NBr)=C1CC[C@H]2[C@@H]3CCC4=CC(=O)CC[C@]4(C)[C@H]3CC[C@]12C. The maximum Gasteiger partial charge on any atom is 0.256 e. The molecule has 0 bridgehead atoms. The van der Waals surface area contributed by atoms with E-state index in [1.807, 2.05) is 13.0 Å². The third-order valence-electron chi connectivity index (χ3n) is 8.63. The molecule has 0 saturated heterocycles. The summed E-state index contributed by atoms with van der Waals surface area (Å²) in [6.45, 7) is 6.83. The Morgan fingerprint density at radius 1 is 1.08 bits per heavy atom. The first kappa shape index (κ1) is 18.5. The fourth-order valence-corrected chi connectivity index (χ4v) is 7.49. The lowest BCUT2D eigenvalue weighted by molar-refractivity contribution is -0.117. The van der Waals surface area contributed by atoms with E-state index in [0.717, 1.165) is 37.2 Å². The zero-order valence-electron chi connectivity index (χ0n) is 16.2. The smallest absolute Gasteiger partial charge is 0.256 e. The molecular formula is C22H30BrNO2. The Labute approximate surface area is 165 Å². The number of carbonyl (C=O) groups excluding carboxylic acids is 2. The minimum Gasteiger partial charge on any atom is -0.295 e. The Bertz CT molecular complexity index is 724. The van der Waals surface area contributed by atoms with E-state index in [0.29, 0.717) is 17.6 Å². The van der Waals surface area contributed by atoms with Gasteiger partial charge in [0.1, 0.15) is 0 Å². The first-order valence-electron chi connectivity index (χ1n) is 10.2. The summed E-state index contributed by atoms with van der Waals surface area (Å²) in [6, 6.07) is 0. The van der Waals surface area contributed by atoms with Gasteiger partial charge in [-0.2, -0.15) is 0 Å². The Kier molecular flexibility index (Phi) is 4.49. The number of allylic oxidation sites excluding steroid dienone is 2. The zero-order valence-corrected chi connectivity index (χ0v) is 17.7. The molecule has 0 radical (unpaired) electrons. The molecule has 3 saturated carbocycles. The van der Waals surface area contributed by atoms with E-state index in [-0.39, 0.29) is 16.7 Å². The van der Waals surface area contributed by atoms with Gasteiger partial charge in [0, 0.05) is 28.1 Å². The van der Waals surface area contributed by atoms with E-state index in [9.17, 15) is 9.59 Å². The molecule has 1 amide bonds. The molecule has 4 aliphatic rings. The highest BCUT2D eigenvalue weighted by Gasteiger charge is 2.57. The number of rotatable bonds is 1. The largest absolute Gasteiger partial charge is 0.295 e. The van der Waals surface area contributed by atoms with E-state index in [4.69, 9.17) is 0 Å². The lowest BCUT2D eigenvalue weighted by atomic mass is 9.47. The van der Waals surface area contributed by atoms with Crippen LogP contribution in [0.15, 0.2) is 22.8 Å². The van der Waals surface area contributed by atoms with Crippen LogP contribution in [0.25, 0.3) is 0 Å². The molecule has 5 atom stereocenters. The molecule has 4 heteroatoms. The Morgan fingerprint density at radius 2 is 1.81 bits per heavy atom. The van der Waals surface area contributed by atoms with Gasteiger partial charge in [0.15, 0.2) is 5.78 Å². The lowest BCUT2D eigenvalue weighted by Gasteiger charge is -2.57. The van der Waals surface area contributed by atoms with Gasteiger partial charge in [-0.1, -0.05) is 25.0 Å². The van der Waals surface area contributed by atoms with Crippen molar-refractivity contribution in [3.05, 3.63) is 22.8 Å². The molecule has 3 fully saturated rings. The predicted molar refractivity (Wildman–Crippen MR) is 106 cm³/mol. The quantitative estimate of drug-likeness (QED) is 0.465. The number of ketones is 1. The monoisotopic (exact) mass is 419 g/mol. The average molecular weight is 420 g/mol. The second kappa shape index (κ2) is 6.32. The minimum atomic E-state index is 0.00983. The molecule has 4 aliphatic carbocycles. The van der Waals surface area contributed by atoms with Gasteiger partial charge in [-0.3, -0.25) is 13.9 Å². The lowest BCUT2D eigenvalue weighted by Crippen LogP contribution is -2.49. The van der Waals surface area contributed by atoms with E-state index < -0.39 is 0 Å². The van der Waals surface area contributed by atoms with Crippen molar-refractivity contribution in [3.8, 4) is 0 Å². The number of carbonyl (C=O) groups is 2. The number of hydrogen-bond acceptors (Lipinski definition) is 2. The zero-order chi connectivity index (χ0) is 18.7. The van der Waals surface area contributed by atoms with Gasteiger partial charge in [0.05, 0.1) is 0 Å². The van der Waals surface area contributed by atoms with Crippen LogP contribution in [0.5, 0.6) is 0 Å². The molecule has 0 unspecified atom stereocenters. The molecule has 4 rings (SSSR count). The first-order chi connectivity index (χ1) is 12.3. The molecule has 0 heterocycles. The van der Waals surface area contributed by atoms with Gasteiger partial charge < -0.3 is 0 Å². The maximum absolute atomic E-state index is 12.2. The van der Waals surface area contributed by atoms with Crippen LogP contribution in [-0.2, 0) is 9.59 Å². The van der Waals surface area contributed by atoms with Crippen molar-refractivity contribution in [1.29, 1.82) is 0 Å². The topological polar surface area (TPSA) is 46.2 Å². The Hall–Kier alpha value is -0.900. The van der Waals surface area contributed by atoms with Crippen molar-refractivity contribution in [2.75, 3.05) is 0 Å². The number of nitrogens with one attached hydrogen (secondary N) is 1. The van der Waals surface area contributed by atoms with Crippen LogP contribution in [0.4, 0.5) is 0 Å². The van der Waals surface area contributed by atoms with Crippen molar-refractivity contribution in [2.24, 2.45) is 28.6 Å². The Morgan fingerprint density at radius 3 is 2.54 bits per heavy atom. The number of halogens is 1. The molecule has 3 nitrogen and oxygen atoms in total. The first-order valence-corrected chi connectivity index (χ1v) is 11.0. The summed E-state index contributed by atoms with van der Waals surface area (Å²) in [7, 11) is 0. The number of amides is 1. The van der Waals surface area contributed by atoms with Gasteiger partial charge >= 0.3 is 0 Å². The average Bonchev–Trinajstić information content (AvgIpc) is 2.98. The third kappa shape index (κ3) is 2.51. The van der Waals surface area contributed by atoms with E-state index in [2.05, 4.69) is 34.3 Å². The van der Waals surface area contributed by atoms with Crippen LogP contribution in [0.3, 0.4) is 0 Å². The van der Waals surface area contributed by atoms with Crippen molar-refractivity contribution >= 4 is 27.8 Å². The molecule has 0 aromatic carbocycles. The summed E-state index contributed by atoms with van der Waals surface area (Å²) in [5, 5.41) is 0. The molecule has 0 aromatic rings. The van der Waals surface area contributed by atoms with Gasteiger partial charge in [-0.05, 0) is 86.5 Å². The second-order valence-electron chi connectivity index (χ2n) is 9.49.